The van der Waals surface area contributed by atoms with Crippen LogP contribution in [0.4, 0.5) is 9.59 Å². The van der Waals surface area contributed by atoms with E-state index < -0.39 is 30.0 Å². The molecule has 1 aliphatic rings. The molecule has 0 N–H and O–H groups in total. The molecule has 10 heteroatoms. The molecule has 1 aliphatic heterocycles. The fraction of sp³-hybridized carbons (Fsp3) is 0.548. The molecule has 2 atom stereocenters. The van der Waals surface area contributed by atoms with Crippen molar-refractivity contribution in [3.63, 3.8) is 0 Å². The second kappa shape index (κ2) is 16.9. The number of pyridine rings is 1. The molecule has 5 rings (SSSR count). The first-order chi connectivity index (χ1) is 25.0. The molecule has 282 valence electrons. The van der Waals surface area contributed by atoms with Crippen LogP contribution in [0.3, 0.4) is 0 Å². The van der Waals surface area contributed by atoms with Crippen molar-refractivity contribution in [1.82, 2.24) is 14.4 Å². The molecule has 2 amide bonds. The zero-order valence-corrected chi connectivity index (χ0v) is 32.4. The van der Waals surface area contributed by atoms with E-state index in [9.17, 15) is 14.4 Å². The molecular weight excluding hydrogens is 658 g/mol. The molecular formula is C42H57N3O7. The van der Waals surface area contributed by atoms with Gasteiger partial charge >= 0.3 is 12.2 Å². The van der Waals surface area contributed by atoms with E-state index in [1.165, 1.54) is 7.11 Å². The number of benzene rings is 3. The normalized spacial score (nSPS) is 16.4. The fourth-order valence-corrected chi connectivity index (χ4v) is 7.20. The number of amides is 2. The summed E-state index contributed by atoms with van der Waals surface area (Å²) < 4.78 is 27.6. The Balaban J connectivity index is 1.76. The van der Waals surface area contributed by atoms with E-state index in [-0.39, 0.29) is 5.43 Å². The number of carbonyl (C=O) groups is 2. The molecule has 3 aromatic carbocycles. The fourth-order valence-electron chi connectivity index (χ4n) is 7.20. The lowest BCUT2D eigenvalue weighted by Gasteiger charge is -2.44. The minimum atomic E-state index is -1.13. The number of unbranched alkanes of at least 4 members (excludes halogenated alkanes) is 4. The summed E-state index contributed by atoms with van der Waals surface area (Å²) >= 11 is 0. The van der Waals surface area contributed by atoms with Gasteiger partial charge in [0.25, 0.3) is 0 Å². The molecule has 0 saturated carbocycles. The number of methoxy groups -OCH3 is 1. The van der Waals surface area contributed by atoms with E-state index in [0.29, 0.717) is 65.0 Å². The van der Waals surface area contributed by atoms with Crippen LogP contribution in [0.2, 0.25) is 0 Å². The van der Waals surface area contributed by atoms with Crippen molar-refractivity contribution in [3.05, 3.63) is 58.3 Å². The van der Waals surface area contributed by atoms with Gasteiger partial charge in [-0.3, -0.25) is 4.79 Å². The predicted octanol–water partition coefficient (Wildman–Crippen LogP) is 9.51. The third-order valence-corrected chi connectivity index (χ3v) is 10.2. The highest BCUT2D eigenvalue weighted by Crippen LogP contribution is 2.49. The van der Waals surface area contributed by atoms with Gasteiger partial charge in [0.1, 0.15) is 17.1 Å². The Hall–Kier alpha value is -4.47. The number of hydrogen-bond acceptors (Lipinski definition) is 7. The summed E-state index contributed by atoms with van der Waals surface area (Å²) in [6.45, 7) is 14.2. The van der Waals surface area contributed by atoms with E-state index in [0.717, 1.165) is 62.1 Å². The molecule has 10 nitrogen and oxygen atoms in total. The summed E-state index contributed by atoms with van der Waals surface area (Å²) in [6, 6.07) is 13.5. The average molecular weight is 716 g/mol. The van der Waals surface area contributed by atoms with Gasteiger partial charge in [-0.25, -0.2) is 9.59 Å². The second-order valence-corrected chi connectivity index (χ2v) is 14.5. The largest absolute Gasteiger partial charge is 0.496 e. The Bertz CT molecular complexity index is 1940. The Morgan fingerprint density at radius 1 is 0.808 bits per heavy atom. The van der Waals surface area contributed by atoms with Crippen LogP contribution in [0, 0.1) is 0 Å². The Kier molecular flexibility index (Phi) is 12.6. The van der Waals surface area contributed by atoms with Crippen molar-refractivity contribution in [2.45, 2.75) is 111 Å². The van der Waals surface area contributed by atoms with Gasteiger partial charge in [-0.2, -0.15) is 0 Å². The van der Waals surface area contributed by atoms with Crippen LogP contribution in [0.5, 0.6) is 11.5 Å². The Morgan fingerprint density at radius 2 is 1.33 bits per heavy atom. The first kappa shape index (κ1) is 38.8. The molecule has 0 unspecified atom stereocenters. The van der Waals surface area contributed by atoms with Gasteiger partial charge in [0.2, 0.25) is 5.43 Å². The monoisotopic (exact) mass is 715 g/mol. The molecule has 52 heavy (non-hydrogen) atoms. The summed E-state index contributed by atoms with van der Waals surface area (Å²) in [5, 5.41) is 2.80. The lowest BCUT2D eigenvalue weighted by atomic mass is 9.86. The van der Waals surface area contributed by atoms with Gasteiger partial charge in [0.05, 0.1) is 29.1 Å². The van der Waals surface area contributed by atoms with E-state index in [4.69, 9.17) is 18.9 Å². The lowest BCUT2D eigenvalue weighted by Crippen LogP contribution is -2.54. The van der Waals surface area contributed by atoms with E-state index in [1.807, 2.05) is 61.9 Å². The van der Waals surface area contributed by atoms with Crippen molar-refractivity contribution in [1.29, 1.82) is 0 Å². The number of aryl methyl sites for hydroxylation is 1. The van der Waals surface area contributed by atoms with Crippen LogP contribution in [0.15, 0.2) is 47.3 Å². The molecule has 0 aliphatic carbocycles. The maximum absolute atomic E-state index is 14.6. The zero-order valence-electron chi connectivity index (χ0n) is 32.4. The smallest absolute Gasteiger partial charge is 0.410 e. The van der Waals surface area contributed by atoms with Crippen LogP contribution >= 0.6 is 0 Å². The van der Waals surface area contributed by atoms with Gasteiger partial charge in [-0.15, -0.1) is 0 Å². The van der Waals surface area contributed by atoms with Gasteiger partial charge in [0.15, 0.2) is 12.2 Å². The standard InChI is InChI=1S/C42H57N3O7/c1-9-13-21-44(22-14-10-2)40(47)50-38-35-33(52-42(5,6)39(38)51-41(48)45(23-15-11-3)24-16-12-4)27-32(49-8)34-36(35)43(7)31-26-29-20-18-17-19-28(29)25-30(31)37(34)46/h17-20,25-27,38-39H,9-16,21-24H2,1-8H3/t38-,39-/m1/s1. The number of fused-ring (bicyclic) bond motifs is 5. The van der Waals surface area contributed by atoms with Crippen LogP contribution in [0.25, 0.3) is 32.6 Å². The molecule has 0 radical (unpaired) electrons. The molecule has 2 heterocycles. The van der Waals surface area contributed by atoms with Crippen LogP contribution in [-0.4, -0.2) is 71.5 Å². The van der Waals surface area contributed by atoms with Gasteiger partial charge < -0.3 is 33.3 Å². The molecule has 4 aromatic rings. The highest BCUT2D eigenvalue weighted by atomic mass is 16.6. The first-order valence-electron chi connectivity index (χ1n) is 19.2. The number of nitrogens with zero attached hydrogens (tertiary/aromatic N) is 3. The van der Waals surface area contributed by atoms with Gasteiger partial charge in [-0.05, 0) is 62.4 Å². The van der Waals surface area contributed by atoms with Gasteiger partial charge in [0, 0.05) is 44.7 Å². The highest BCUT2D eigenvalue weighted by molar-refractivity contribution is 6.04. The number of rotatable bonds is 15. The van der Waals surface area contributed by atoms with Crippen LogP contribution in [-0.2, 0) is 16.5 Å². The first-order valence-corrected chi connectivity index (χ1v) is 19.2. The van der Waals surface area contributed by atoms with Crippen molar-refractivity contribution in [2.24, 2.45) is 7.05 Å². The molecule has 0 bridgehead atoms. The lowest BCUT2D eigenvalue weighted by molar-refractivity contribution is -0.125. The number of ether oxygens (including phenoxy) is 4. The minimum absolute atomic E-state index is 0.213. The SMILES string of the molecule is CCCCN(CCCC)C(=O)O[C@@H]1c2c(cc(OC)c3c(=O)c4cc5ccccc5cc4n(C)c23)OC(C)(C)[C@@H]1OC(=O)N(CCCC)CCCC. The minimum Gasteiger partial charge on any atom is -0.496 e. The number of hydrogen-bond donors (Lipinski definition) is 0. The maximum atomic E-state index is 14.6. The average Bonchev–Trinajstić information content (AvgIpc) is 3.13. The number of aromatic nitrogens is 1. The molecule has 1 aromatic heterocycles. The van der Waals surface area contributed by atoms with E-state index in [1.54, 1.807) is 15.9 Å². The van der Waals surface area contributed by atoms with Gasteiger partial charge in [-0.1, -0.05) is 77.6 Å². The van der Waals surface area contributed by atoms with E-state index >= 15 is 0 Å². The summed E-state index contributed by atoms with van der Waals surface area (Å²) in [4.78, 5) is 46.4. The Labute approximate surface area is 307 Å². The summed E-state index contributed by atoms with van der Waals surface area (Å²) in [7, 11) is 3.42. The zero-order chi connectivity index (χ0) is 37.6. The topological polar surface area (TPSA) is 99.5 Å². The van der Waals surface area contributed by atoms with Crippen molar-refractivity contribution in [2.75, 3.05) is 33.3 Å². The number of carbonyl (C=O) groups excluding carboxylic acids is 2. The molecule has 0 fully saturated rings. The molecule has 0 saturated heterocycles. The second-order valence-electron chi connectivity index (χ2n) is 14.5. The maximum Gasteiger partial charge on any atom is 0.410 e. The Morgan fingerprint density at radius 3 is 1.85 bits per heavy atom. The van der Waals surface area contributed by atoms with Crippen LogP contribution < -0.4 is 14.9 Å². The highest BCUT2D eigenvalue weighted by Gasteiger charge is 2.51. The van der Waals surface area contributed by atoms with Crippen molar-refractivity contribution in [3.8, 4) is 11.5 Å². The third kappa shape index (κ3) is 7.81. The quantitative estimate of drug-likeness (QED) is 0.113. The molecule has 0 spiro atoms. The summed E-state index contributed by atoms with van der Waals surface area (Å²) in [5.74, 6) is 0.746. The summed E-state index contributed by atoms with van der Waals surface area (Å²) in [6.07, 6.45) is 3.90. The summed E-state index contributed by atoms with van der Waals surface area (Å²) in [5.41, 5.74) is 0.328. The van der Waals surface area contributed by atoms with Crippen molar-refractivity contribution >= 4 is 44.8 Å². The van der Waals surface area contributed by atoms with Crippen molar-refractivity contribution < 1.29 is 28.5 Å². The third-order valence-electron chi connectivity index (χ3n) is 10.2. The van der Waals surface area contributed by atoms with Crippen LogP contribution in [0.1, 0.15) is 105 Å². The van der Waals surface area contributed by atoms with E-state index in [2.05, 4.69) is 27.7 Å². The predicted molar refractivity (Wildman–Crippen MR) is 208 cm³/mol.